The molecule has 1 aliphatic rings. The Balaban J connectivity index is 1.52. The third kappa shape index (κ3) is 6.80. The van der Waals surface area contributed by atoms with Gasteiger partial charge < -0.3 is 15.0 Å². The van der Waals surface area contributed by atoms with E-state index in [1.54, 1.807) is 24.3 Å². The number of hydrogen-bond donors (Lipinski definition) is 2. The molecule has 0 aliphatic heterocycles. The van der Waals surface area contributed by atoms with Gasteiger partial charge in [0, 0.05) is 51.9 Å². The van der Waals surface area contributed by atoms with Crippen molar-refractivity contribution >= 4 is 60.3 Å². The van der Waals surface area contributed by atoms with Crippen LogP contribution in [-0.2, 0) is 16.3 Å². The zero-order valence-corrected chi connectivity index (χ0v) is 26.5. The summed E-state index contributed by atoms with van der Waals surface area (Å²) in [5.74, 6) is 2.97. The summed E-state index contributed by atoms with van der Waals surface area (Å²) in [6, 6.07) is 11.6. The van der Waals surface area contributed by atoms with E-state index in [1.807, 2.05) is 31.3 Å². The van der Waals surface area contributed by atoms with E-state index in [0.29, 0.717) is 17.6 Å². The first-order valence-electron chi connectivity index (χ1n) is 13.8. The van der Waals surface area contributed by atoms with Crippen LogP contribution in [0.3, 0.4) is 0 Å². The van der Waals surface area contributed by atoms with Gasteiger partial charge in [0.1, 0.15) is 28.1 Å². The molecule has 0 radical (unpaired) electrons. The third-order valence-electron chi connectivity index (χ3n) is 7.72. The topological polar surface area (TPSA) is 83.6 Å². The molecule has 1 amide bonds. The van der Waals surface area contributed by atoms with Crippen molar-refractivity contribution in [1.29, 1.82) is 0 Å². The minimum atomic E-state index is -2.47. The van der Waals surface area contributed by atoms with Crippen LogP contribution in [-0.4, -0.2) is 58.4 Å². The molecule has 43 heavy (non-hydrogen) atoms. The highest BCUT2D eigenvalue weighted by Crippen LogP contribution is 2.40. The monoisotopic (exact) mass is 646 g/mol. The van der Waals surface area contributed by atoms with Gasteiger partial charge in [-0.2, -0.15) is 0 Å². The number of nitrogens with one attached hydrogen (secondary N) is 2. The Kier molecular flexibility index (Phi) is 9.26. The van der Waals surface area contributed by atoms with Gasteiger partial charge in [0.05, 0.1) is 22.2 Å². The molecule has 1 fully saturated rings. The van der Waals surface area contributed by atoms with Gasteiger partial charge in [-0.1, -0.05) is 17.7 Å². The minimum Gasteiger partial charge on any atom is -0.496 e. The largest absolute Gasteiger partial charge is 0.496 e. The fraction of sp³-hybridized carbons (Fsp3) is 0.323. The van der Waals surface area contributed by atoms with Crippen LogP contribution in [0.4, 0.5) is 14.6 Å². The highest BCUT2D eigenvalue weighted by Gasteiger charge is 2.33. The smallest absolute Gasteiger partial charge is 0.266 e. The van der Waals surface area contributed by atoms with E-state index < -0.39 is 21.3 Å². The van der Waals surface area contributed by atoms with Crippen LogP contribution in [0.15, 0.2) is 48.7 Å². The molecule has 1 atom stereocenters. The average Bonchev–Trinajstić information content (AvgIpc) is 3.35. The molecule has 12 heteroatoms. The van der Waals surface area contributed by atoms with E-state index in [1.165, 1.54) is 6.26 Å². The molecule has 0 saturated heterocycles. The Bertz CT molecular complexity index is 1760. The maximum atomic E-state index is 14.7. The van der Waals surface area contributed by atoms with Crippen molar-refractivity contribution in [3.05, 3.63) is 75.8 Å². The second-order valence-corrected chi connectivity index (χ2v) is 14.4. The summed E-state index contributed by atoms with van der Waals surface area (Å²) >= 11 is 7.44. The van der Waals surface area contributed by atoms with E-state index in [-0.39, 0.29) is 38.5 Å². The minimum absolute atomic E-state index is 0.0231. The number of fused-ring (bicyclic) bond motifs is 1. The Labute approximate surface area is 259 Å². The number of amides is 1. The number of pyridine rings is 1. The van der Waals surface area contributed by atoms with Crippen LogP contribution in [0.2, 0.25) is 5.02 Å². The van der Waals surface area contributed by atoms with E-state index in [9.17, 15) is 17.8 Å². The molecular weight excluding hydrogens is 614 g/mol. The van der Waals surface area contributed by atoms with Gasteiger partial charge in [-0.3, -0.25) is 9.52 Å². The van der Waals surface area contributed by atoms with Crippen molar-refractivity contribution < 1.29 is 22.5 Å². The van der Waals surface area contributed by atoms with Crippen LogP contribution < -0.4 is 14.8 Å². The molecule has 1 saturated carbocycles. The van der Waals surface area contributed by atoms with Crippen LogP contribution in [0.1, 0.15) is 40.9 Å². The molecule has 2 N–H and O–H groups in total. The Morgan fingerprint density at radius 3 is 2.44 bits per heavy atom. The first-order chi connectivity index (χ1) is 20.5. The van der Waals surface area contributed by atoms with Gasteiger partial charge in [0.2, 0.25) is 0 Å². The lowest BCUT2D eigenvalue weighted by atomic mass is 9.89. The number of anilines is 1. The summed E-state index contributed by atoms with van der Waals surface area (Å²) in [6.07, 6.45) is 6.45. The quantitative estimate of drug-likeness (QED) is 0.197. The zero-order chi connectivity index (χ0) is 30.9. The normalized spacial score (nSPS) is 18.3. The third-order valence-corrected chi connectivity index (χ3v) is 10.0. The summed E-state index contributed by atoms with van der Waals surface area (Å²) in [4.78, 5) is 20.5. The number of ether oxygens (including phenoxy) is 1. The van der Waals surface area contributed by atoms with Crippen LogP contribution >= 0.6 is 22.9 Å². The van der Waals surface area contributed by atoms with Gasteiger partial charge in [0.25, 0.3) is 5.91 Å². The van der Waals surface area contributed by atoms with Gasteiger partial charge in [-0.15, -0.1) is 11.3 Å². The average molecular weight is 647 g/mol. The highest BCUT2D eigenvalue weighted by molar-refractivity contribution is 8.00. The molecule has 2 aromatic heterocycles. The number of thiophene rings is 1. The summed E-state index contributed by atoms with van der Waals surface area (Å²) in [5, 5.41) is 3.17. The van der Waals surface area contributed by atoms with Gasteiger partial charge in [-0.05, 0) is 80.6 Å². The maximum Gasteiger partial charge on any atom is 0.266 e. The van der Waals surface area contributed by atoms with Crippen LogP contribution in [0, 0.1) is 11.6 Å². The van der Waals surface area contributed by atoms with Crippen molar-refractivity contribution in [3.8, 4) is 16.9 Å². The summed E-state index contributed by atoms with van der Waals surface area (Å²) in [6.45, 7) is 0.201. The fourth-order valence-electron chi connectivity index (χ4n) is 5.52. The van der Waals surface area contributed by atoms with E-state index >= 15 is 0 Å². The number of nitrogens with zero attached hydrogens (tertiary/aromatic N) is 2. The summed E-state index contributed by atoms with van der Waals surface area (Å²) < 4.78 is 49.8. The predicted octanol–water partition coefficient (Wildman–Crippen LogP) is 6.75. The molecule has 4 aromatic rings. The predicted molar refractivity (Wildman–Crippen MR) is 173 cm³/mol. The fourth-order valence-corrected chi connectivity index (χ4v) is 7.59. The summed E-state index contributed by atoms with van der Waals surface area (Å²) in [5.41, 5.74) is 2.42. The van der Waals surface area contributed by atoms with E-state index in [4.69, 9.17) is 16.3 Å². The van der Waals surface area contributed by atoms with Crippen LogP contribution in [0.5, 0.6) is 5.75 Å². The van der Waals surface area contributed by atoms with E-state index in [2.05, 4.69) is 20.9 Å². The number of carbonyl (C=O) groups excluding carboxylic acids is 1. The van der Waals surface area contributed by atoms with Crippen molar-refractivity contribution in [2.75, 3.05) is 25.1 Å². The molecular formula is C31H33ClF2N4O3S2. The van der Waals surface area contributed by atoms with Gasteiger partial charge in [0.15, 0.2) is 0 Å². The Morgan fingerprint density at radius 1 is 1.14 bits per heavy atom. The second-order valence-electron chi connectivity index (χ2n) is 10.8. The first-order valence-corrected chi connectivity index (χ1v) is 17.1. The lowest BCUT2D eigenvalue weighted by molar-refractivity contribution is 0.0604. The molecule has 1 unspecified atom stereocenters. The lowest BCUT2D eigenvalue weighted by Gasteiger charge is -2.37. The van der Waals surface area contributed by atoms with E-state index in [0.717, 1.165) is 65.8 Å². The van der Waals surface area contributed by atoms with Gasteiger partial charge >= 0.3 is 0 Å². The van der Waals surface area contributed by atoms with Crippen LogP contribution in [0.25, 0.3) is 21.2 Å². The second kappa shape index (κ2) is 12.8. The van der Waals surface area contributed by atoms with Crippen molar-refractivity contribution in [3.63, 3.8) is 0 Å². The number of rotatable bonds is 9. The van der Waals surface area contributed by atoms with Crippen molar-refractivity contribution in [2.45, 2.75) is 44.3 Å². The maximum absolute atomic E-state index is 14.7. The first kappa shape index (κ1) is 31.2. The number of methoxy groups -OCH3 is 1. The Morgan fingerprint density at radius 2 is 1.84 bits per heavy atom. The number of benzene rings is 2. The van der Waals surface area contributed by atoms with Crippen molar-refractivity contribution in [2.24, 2.45) is 0 Å². The summed E-state index contributed by atoms with van der Waals surface area (Å²) in [7, 11) is 1.03. The van der Waals surface area contributed by atoms with Crippen molar-refractivity contribution in [1.82, 2.24) is 15.2 Å². The lowest BCUT2D eigenvalue weighted by Crippen LogP contribution is -2.44. The molecule has 2 aromatic carbocycles. The molecule has 228 valence electrons. The molecule has 5 rings (SSSR count). The zero-order valence-electron chi connectivity index (χ0n) is 24.1. The standard InChI is InChI=1S/C31H33ClF2N4O3S2/c1-35-21-7-9-22(10-8-21)38(31(39)30-28(32)27-23(33)11-12-24(34)29(27)42-30)17-20-15-18(5-13-25(20)41-2)19-6-14-26(36-16-19)37-43(3,4)40/h5-6,11-16,21-22,35H,3,7-10,17H2,1-2,4H3,(H,36,37,40). The molecule has 7 nitrogen and oxygen atoms in total. The number of halogens is 3. The molecule has 2 heterocycles. The van der Waals surface area contributed by atoms with Gasteiger partial charge in [-0.25, -0.2) is 18.0 Å². The number of carbonyl (C=O) groups is 1. The number of hydrogen-bond acceptors (Lipinski definition) is 6. The number of aromatic nitrogens is 1. The molecule has 0 spiro atoms. The molecule has 1 aliphatic carbocycles. The molecule has 0 bridgehead atoms. The highest BCUT2D eigenvalue weighted by atomic mass is 35.5. The Hall–Kier alpha value is -3.25. The SMILES string of the molecule is C=S(C)(=O)Nc1ccc(-c2ccc(OC)c(CN(C(=O)c3sc4c(F)ccc(F)c4c3Cl)C3CCC(NC)CC3)c2)cn1.